The Bertz CT molecular complexity index is 1070. The van der Waals surface area contributed by atoms with Crippen molar-refractivity contribution in [2.75, 3.05) is 42.8 Å². The first-order valence-corrected chi connectivity index (χ1v) is 32.8. The molecule has 0 aromatic heterocycles. The van der Waals surface area contributed by atoms with Crippen molar-refractivity contribution in [3.05, 3.63) is 0 Å². The van der Waals surface area contributed by atoms with E-state index < -0.39 is 29.2 Å². The second-order valence-electron chi connectivity index (χ2n) is 12.5. The first-order valence-electron chi connectivity index (χ1n) is 15.8. The molecule has 0 fully saturated rings. The highest BCUT2D eigenvalue weighted by Crippen LogP contribution is 2.67. The lowest BCUT2D eigenvalue weighted by Crippen LogP contribution is -2.17. The van der Waals surface area contributed by atoms with Gasteiger partial charge in [-0.15, -0.1) is 0 Å². The summed E-state index contributed by atoms with van der Waals surface area (Å²) in [5, 5.41) is 9.10. The van der Waals surface area contributed by atoms with Crippen LogP contribution in [-0.4, -0.2) is 78.3 Å². The average molecular weight is 907 g/mol. The van der Waals surface area contributed by atoms with Gasteiger partial charge < -0.3 is 36.8 Å². The number of carboxylic acids is 1. The van der Waals surface area contributed by atoms with Crippen LogP contribution in [-0.2, 0) is 83.7 Å². The van der Waals surface area contributed by atoms with Crippen LogP contribution in [0.25, 0.3) is 0 Å². The minimum atomic E-state index is -2.92. The first-order chi connectivity index (χ1) is 22.1. The molecule has 9 nitrogen and oxygen atoms in total. The van der Waals surface area contributed by atoms with E-state index in [0.717, 1.165) is 0 Å². The second-order valence-corrected chi connectivity index (χ2v) is 36.7. The van der Waals surface area contributed by atoms with Crippen molar-refractivity contribution >= 4 is 122 Å². The fourth-order valence-electron chi connectivity index (χ4n) is 2.87. The zero-order valence-corrected chi connectivity index (χ0v) is 40.2. The fourth-order valence-corrected chi connectivity index (χ4v) is 22.2. The van der Waals surface area contributed by atoms with E-state index in [9.17, 15) is 4.79 Å². The molecule has 0 heterocycles. The second kappa shape index (κ2) is 26.9. The van der Waals surface area contributed by atoms with Crippen LogP contribution in [0.5, 0.6) is 0 Å². The normalized spacial score (nSPS) is 17.8. The molecule has 0 amide bonds. The lowest BCUT2D eigenvalue weighted by atomic mass is 10.2. The molecule has 1 N–H and O–H groups in total. The Morgan fingerprint density at radius 2 is 1.06 bits per heavy atom. The zero-order valence-electron chi connectivity index (χ0n) is 30.0. The van der Waals surface area contributed by atoms with Gasteiger partial charge in [0, 0.05) is 23.0 Å². The van der Waals surface area contributed by atoms with E-state index in [-0.39, 0.29) is 30.8 Å². The highest BCUT2D eigenvalue weighted by Gasteiger charge is 2.31. The van der Waals surface area contributed by atoms with Crippen molar-refractivity contribution in [2.24, 2.45) is 17.8 Å². The summed E-state index contributed by atoms with van der Waals surface area (Å²) in [5.74, 6) is 2.08. The van der Waals surface area contributed by atoms with Crippen LogP contribution in [0.15, 0.2) is 0 Å². The Kier molecular flexibility index (Phi) is 28.7. The summed E-state index contributed by atoms with van der Waals surface area (Å²) in [6, 6.07) is 0. The van der Waals surface area contributed by atoms with Gasteiger partial charge in [-0.25, -0.2) is 0 Å². The van der Waals surface area contributed by atoms with E-state index in [0.29, 0.717) is 60.6 Å². The van der Waals surface area contributed by atoms with Gasteiger partial charge in [0.2, 0.25) is 17.1 Å². The molecule has 0 saturated carbocycles. The number of aliphatic carboxylic acids is 1. The zero-order chi connectivity index (χ0) is 37.1. The summed E-state index contributed by atoms with van der Waals surface area (Å²) in [4.78, 5) is 11.1. The van der Waals surface area contributed by atoms with Crippen LogP contribution in [0, 0.1) is 17.8 Å². The third kappa shape index (κ3) is 27.7. The predicted octanol–water partition coefficient (Wildman–Crippen LogP) is 11.2. The van der Waals surface area contributed by atoms with Crippen LogP contribution >= 0.6 is 68.7 Å². The van der Waals surface area contributed by atoms with E-state index in [1.165, 1.54) is 34.1 Å². The highest BCUT2D eigenvalue weighted by atomic mass is 32.9. The minimum absolute atomic E-state index is 0.0279. The molecule has 0 rings (SSSR count). The van der Waals surface area contributed by atoms with Crippen molar-refractivity contribution in [3.63, 3.8) is 0 Å². The lowest BCUT2D eigenvalue weighted by Gasteiger charge is -2.31. The van der Waals surface area contributed by atoms with Crippen LogP contribution in [0.1, 0.15) is 82.6 Å². The summed E-state index contributed by atoms with van der Waals surface area (Å²) in [6.45, 7) is 23.8. The SMILES string of the molecule is CC(C)CO[PH](=S)SCC(C)OP(=S)(OC(C)CSP(=S)(OCC(C)C)OCC(C)C)SCC(C)OP(=S)(OC(C)C)SCCC(=O)O. The Balaban J connectivity index is 5.76. The van der Waals surface area contributed by atoms with Gasteiger partial charge in [-0.2, -0.15) is 0 Å². The smallest absolute Gasteiger partial charge is 0.304 e. The summed E-state index contributed by atoms with van der Waals surface area (Å²) in [5.41, 5.74) is -8.33. The molecule has 0 aliphatic carbocycles. The predicted molar refractivity (Wildman–Crippen MR) is 231 cm³/mol. The summed E-state index contributed by atoms with van der Waals surface area (Å²) >= 11 is 29.1. The lowest BCUT2D eigenvalue weighted by molar-refractivity contribution is -0.136. The average Bonchev–Trinajstić information content (AvgIpc) is 2.94. The van der Waals surface area contributed by atoms with Crippen molar-refractivity contribution in [1.29, 1.82) is 0 Å². The number of hydrogen-bond donors (Lipinski definition) is 1. The van der Waals surface area contributed by atoms with Gasteiger partial charge in [-0.3, -0.25) is 4.79 Å². The van der Waals surface area contributed by atoms with Gasteiger partial charge in [-0.05, 0) is 87.8 Å². The maximum absolute atomic E-state index is 11.1. The standard InChI is InChI=1S/C27H58O9P4S8/c1-20(2)14-30-37(41)45-17-24(9)34-40(44,36-25(10)18-47-38(42,31-15-21(3)4)32-16-22(5)6)48-19-26(11)35-39(43,33-23(7)8)46-13-12-27(28)29/h20-26,37H,12-19H2,1-11H3,(H,28,29). The third-order valence-corrected chi connectivity index (χ3v) is 25.6. The molecule has 6 unspecified atom stereocenters. The summed E-state index contributed by atoms with van der Waals surface area (Å²) in [6.07, 6.45) is -2.53. The van der Waals surface area contributed by atoms with Gasteiger partial charge in [0.1, 0.15) is 6.13 Å². The molecule has 6 atom stereocenters. The molecule has 0 aromatic carbocycles. The van der Waals surface area contributed by atoms with Crippen LogP contribution in [0.4, 0.5) is 0 Å². The third-order valence-electron chi connectivity index (χ3n) is 4.87. The molecular formula is C27H58O9P4S8. The molecule has 0 saturated heterocycles. The van der Waals surface area contributed by atoms with Crippen LogP contribution in [0.2, 0.25) is 0 Å². The van der Waals surface area contributed by atoms with Gasteiger partial charge in [0.05, 0.1) is 50.7 Å². The largest absolute Gasteiger partial charge is 0.481 e. The maximum Gasteiger partial charge on any atom is 0.304 e. The number of rotatable bonds is 30. The minimum Gasteiger partial charge on any atom is -0.481 e. The first kappa shape index (κ1) is 51.2. The summed E-state index contributed by atoms with van der Waals surface area (Å²) in [7, 11) is 0. The van der Waals surface area contributed by atoms with Crippen molar-refractivity contribution in [3.8, 4) is 0 Å². The Hall–Kier alpha value is 3.19. The monoisotopic (exact) mass is 906 g/mol. The number of carbonyl (C=O) groups is 1. The molecule has 288 valence electrons. The van der Waals surface area contributed by atoms with E-state index in [1.54, 1.807) is 11.4 Å². The van der Waals surface area contributed by atoms with E-state index >= 15 is 0 Å². The van der Waals surface area contributed by atoms with Crippen LogP contribution in [0.3, 0.4) is 0 Å². The van der Waals surface area contributed by atoms with E-state index in [4.69, 9.17) is 84.0 Å². The van der Waals surface area contributed by atoms with Crippen molar-refractivity contribution < 1.29 is 41.6 Å². The molecule has 0 radical (unpaired) electrons. The van der Waals surface area contributed by atoms with Crippen molar-refractivity contribution in [1.82, 2.24) is 0 Å². The van der Waals surface area contributed by atoms with E-state index in [2.05, 4.69) is 41.5 Å². The molecule has 0 aromatic rings. The van der Waals surface area contributed by atoms with Gasteiger partial charge in [-0.1, -0.05) is 98.9 Å². The molecular weight excluding hydrogens is 849 g/mol. The Labute approximate surface area is 328 Å². The number of carboxylic acid groups (broad SMARTS) is 1. The van der Waals surface area contributed by atoms with Crippen LogP contribution < -0.4 is 0 Å². The van der Waals surface area contributed by atoms with Crippen molar-refractivity contribution in [2.45, 2.75) is 107 Å². The molecule has 21 heteroatoms. The molecule has 0 bridgehead atoms. The Morgan fingerprint density at radius 3 is 1.48 bits per heavy atom. The van der Waals surface area contributed by atoms with E-state index in [1.807, 2.05) is 34.6 Å². The fraction of sp³-hybridized carbons (Fsp3) is 0.963. The highest BCUT2D eigenvalue weighted by molar-refractivity contribution is 8.69. The molecule has 0 aliphatic rings. The topological polar surface area (TPSA) is 102 Å². The molecule has 0 aliphatic heterocycles. The van der Waals surface area contributed by atoms with Gasteiger partial charge >= 0.3 is 5.97 Å². The van der Waals surface area contributed by atoms with Gasteiger partial charge in [0.25, 0.3) is 0 Å². The Morgan fingerprint density at radius 1 is 0.646 bits per heavy atom. The molecule has 0 spiro atoms. The number of hydrogen-bond acceptors (Lipinski definition) is 16. The summed E-state index contributed by atoms with van der Waals surface area (Å²) < 4.78 is 43.5. The molecule has 48 heavy (non-hydrogen) atoms. The quantitative estimate of drug-likeness (QED) is 0.0691. The van der Waals surface area contributed by atoms with Gasteiger partial charge in [0.15, 0.2) is 0 Å². The maximum atomic E-state index is 11.1.